The van der Waals surface area contributed by atoms with E-state index in [-0.39, 0.29) is 17.4 Å². The van der Waals surface area contributed by atoms with Crippen molar-refractivity contribution in [1.29, 1.82) is 0 Å². The Morgan fingerprint density at radius 3 is 2.58 bits per heavy atom. The summed E-state index contributed by atoms with van der Waals surface area (Å²) in [4.78, 5) is 12.7. The number of halogens is 3. The van der Waals surface area contributed by atoms with Gasteiger partial charge in [-0.15, -0.1) is 11.8 Å². The van der Waals surface area contributed by atoms with Gasteiger partial charge in [-0.25, -0.2) is 4.39 Å². The summed E-state index contributed by atoms with van der Waals surface area (Å²) in [5, 5.41) is 0.763. The summed E-state index contributed by atoms with van der Waals surface area (Å²) in [5.41, 5.74) is 0.498. The van der Waals surface area contributed by atoms with Crippen LogP contribution in [0.25, 0.3) is 0 Å². The predicted molar refractivity (Wildman–Crippen MR) is 77.9 cm³/mol. The Kier molecular flexibility index (Phi) is 4.86. The van der Waals surface area contributed by atoms with Gasteiger partial charge >= 0.3 is 0 Å². The van der Waals surface area contributed by atoms with Crippen molar-refractivity contribution in [1.82, 2.24) is 0 Å². The molecule has 0 aliphatic carbocycles. The maximum absolute atomic E-state index is 13.0. The van der Waals surface area contributed by atoms with Gasteiger partial charge in [-0.2, -0.15) is 0 Å². The first-order chi connectivity index (χ1) is 9.06. The van der Waals surface area contributed by atoms with Gasteiger partial charge < -0.3 is 0 Å². The average molecular weight is 315 g/mol. The van der Waals surface area contributed by atoms with E-state index in [0.717, 1.165) is 0 Å². The molecule has 0 amide bonds. The molecule has 0 fully saturated rings. The number of thioether (sulfide) groups is 1. The average Bonchev–Trinajstić information content (AvgIpc) is 2.39. The molecular formula is C14H9Cl2FOS. The second kappa shape index (κ2) is 6.42. The Labute approximate surface area is 124 Å². The van der Waals surface area contributed by atoms with Gasteiger partial charge in [0.05, 0.1) is 15.8 Å². The zero-order chi connectivity index (χ0) is 13.8. The van der Waals surface area contributed by atoms with Crippen LogP contribution in [0.4, 0.5) is 4.39 Å². The van der Waals surface area contributed by atoms with Gasteiger partial charge in [0.25, 0.3) is 0 Å². The summed E-state index contributed by atoms with van der Waals surface area (Å²) in [7, 11) is 0. The molecule has 2 aromatic rings. The Morgan fingerprint density at radius 2 is 1.89 bits per heavy atom. The summed E-state index contributed by atoms with van der Waals surface area (Å²) in [6, 6.07) is 10.9. The lowest BCUT2D eigenvalue weighted by molar-refractivity contribution is 0.102. The third-order valence-electron chi connectivity index (χ3n) is 2.41. The number of hydrogen-bond donors (Lipinski definition) is 0. The molecule has 0 aliphatic heterocycles. The highest BCUT2D eigenvalue weighted by Crippen LogP contribution is 2.24. The zero-order valence-electron chi connectivity index (χ0n) is 9.70. The number of hydrogen-bond acceptors (Lipinski definition) is 2. The van der Waals surface area contributed by atoms with Crippen LogP contribution >= 0.6 is 35.0 Å². The number of Topliss-reactive ketones (excluding diaryl/α,β-unsaturated/α-hetero) is 1. The Hall–Kier alpha value is -1.03. The minimum Gasteiger partial charge on any atom is -0.293 e. The van der Waals surface area contributed by atoms with E-state index in [1.165, 1.54) is 23.9 Å². The molecule has 0 saturated heterocycles. The fourth-order valence-electron chi connectivity index (χ4n) is 1.46. The molecule has 0 aliphatic rings. The van der Waals surface area contributed by atoms with E-state index in [0.29, 0.717) is 20.5 Å². The summed E-state index contributed by atoms with van der Waals surface area (Å²) in [6.45, 7) is 0. The number of carbonyl (C=O) groups excluding carboxylic acids is 1. The lowest BCUT2D eigenvalue weighted by Gasteiger charge is -2.03. The molecule has 2 rings (SSSR count). The normalized spacial score (nSPS) is 10.5. The first-order valence-corrected chi connectivity index (χ1v) is 7.17. The standard InChI is InChI=1S/C14H9Cl2FOS/c15-12-5-4-9(6-13(12)16)14(18)8-19-11-3-1-2-10(17)7-11/h1-7H,8H2. The van der Waals surface area contributed by atoms with E-state index < -0.39 is 0 Å². The van der Waals surface area contributed by atoms with E-state index in [1.54, 1.807) is 30.3 Å². The van der Waals surface area contributed by atoms with E-state index in [1.807, 2.05) is 0 Å². The minimum atomic E-state index is -0.313. The van der Waals surface area contributed by atoms with E-state index in [9.17, 15) is 9.18 Å². The van der Waals surface area contributed by atoms with Crippen molar-refractivity contribution in [2.45, 2.75) is 4.90 Å². The molecule has 0 saturated carbocycles. The van der Waals surface area contributed by atoms with Crippen LogP contribution < -0.4 is 0 Å². The van der Waals surface area contributed by atoms with E-state index >= 15 is 0 Å². The minimum absolute atomic E-state index is 0.0761. The molecule has 2 aromatic carbocycles. The first kappa shape index (κ1) is 14.4. The largest absolute Gasteiger partial charge is 0.293 e. The first-order valence-electron chi connectivity index (χ1n) is 5.43. The van der Waals surface area contributed by atoms with Crippen molar-refractivity contribution in [2.24, 2.45) is 0 Å². The highest BCUT2D eigenvalue weighted by atomic mass is 35.5. The van der Waals surface area contributed by atoms with Crippen molar-refractivity contribution in [3.63, 3.8) is 0 Å². The van der Waals surface area contributed by atoms with Crippen LogP contribution in [0.2, 0.25) is 10.0 Å². The van der Waals surface area contributed by atoms with Gasteiger partial charge in [0, 0.05) is 10.5 Å². The second-order valence-corrected chi connectivity index (χ2v) is 5.66. The Balaban J connectivity index is 2.03. The third kappa shape index (κ3) is 3.96. The fourth-order valence-corrected chi connectivity index (χ4v) is 2.59. The SMILES string of the molecule is O=C(CSc1cccc(F)c1)c1ccc(Cl)c(Cl)c1. The molecule has 1 nitrogen and oxygen atoms in total. The van der Waals surface area contributed by atoms with Crippen LogP contribution in [0.15, 0.2) is 47.4 Å². The van der Waals surface area contributed by atoms with Crippen molar-refractivity contribution in [3.8, 4) is 0 Å². The summed E-state index contributed by atoms with van der Waals surface area (Å²) in [6.07, 6.45) is 0. The molecule has 19 heavy (non-hydrogen) atoms. The molecule has 0 bridgehead atoms. The molecule has 0 N–H and O–H groups in total. The van der Waals surface area contributed by atoms with Gasteiger partial charge in [-0.05, 0) is 36.4 Å². The van der Waals surface area contributed by atoms with Crippen LogP contribution in [0.1, 0.15) is 10.4 Å². The molecule has 5 heteroatoms. The van der Waals surface area contributed by atoms with Gasteiger partial charge in [-0.3, -0.25) is 4.79 Å². The number of carbonyl (C=O) groups is 1. The molecule has 0 radical (unpaired) electrons. The lowest BCUT2D eigenvalue weighted by Crippen LogP contribution is -2.02. The van der Waals surface area contributed by atoms with Gasteiger partial charge in [0.2, 0.25) is 0 Å². The van der Waals surface area contributed by atoms with E-state index in [4.69, 9.17) is 23.2 Å². The maximum Gasteiger partial charge on any atom is 0.173 e. The zero-order valence-corrected chi connectivity index (χ0v) is 12.0. The highest BCUT2D eigenvalue weighted by molar-refractivity contribution is 8.00. The number of ketones is 1. The molecule has 0 aromatic heterocycles. The molecule has 98 valence electrons. The topological polar surface area (TPSA) is 17.1 Å². The smallest absolute Gasteiger partial charge is 0.173 e. The van der Waals surface area contributed by atoms with Crippen LogP contribution in [-0.4, -0.2) is 11.5 Å². The molecular weight excluding hydrogens is 306 g/mol. The van der Waals surface area contributed by atoms with Crippen LogP contribution in [0, 0.1) is 5.82 Å². The van der Waals surface area contributed by atoms with Crippen LogP contribution in [0.3, 0.4) is 0 Å². The molecule has 0 spiro atoms. The summed E-state index contributed by atoms with van der Waals surface area (Å²) in [5.74, 6) is -0.165. The summed E-state index contributed by atoms with van der Waals surface area (Å²) >= 11 is 12.9. The summed E-state index contributed by atoms with van der Waals surface area (Å²) < 4.78 is 13.0. The van der Waals surface area contributed by atoms with Gasteiger partial charge in [-0.1, -0.05) is 29.3 Å². The van der Waals surface area contributed by atoms with Crippen LogP contribution in [-0.2, 0) is 0 Å². The lowest BCUT2D eigenvalue weighted by atomic mass is 10.1. The maximum atomic E-state index is 13.0. The Bertz CT molecular complexity index is 616. The van der Waals surface area contributed by atoms with Crippen molar-refractivity contribution in [2.75, 3.05) is 5.75 Å². The molecule has 0 atom stereocenters. The third-order valence-corrected chi connectivity index (χ3v) is 4.14. The van der Waals surface area contributed by atoms with Crippen molar-refractivity contribution in [3.05, 3.63) is 63.9 Å². The van der Waals surface area contributed by atoms with Crippen molar-refractivity contribution < 1.29 is 9.18 Å². The highest BCUT2D eigenvalue weighted by Gasteiger charge is 2.09. The van der Waals surface area contributed by atoms with Crippen molar-refractivity contribution >= 4 is 40.7 Å². The van der Waals surface area contributed by atoms with Gasteiger partial charge in [0.1, 0.15) is 5.82 Å². The van der Waals surface area contributed by atoms with Gasteiger partial charge in [0.15, 0.2) is 5.78 Å². The molecule has 0 heterocycles. The Morgan fingerprint density at radius 1 is 1.11 bits per heavy atom. The van der Waals surface area contributed by atoms with E-state index in [2.05, 4.69) is 0 Å². The fraction of sp³-hybridized carbons (Fsp3) is 0.0714. The predicted octanol–water partition coefficient (Wildman–Crippen LogP) is 5.11. The van der Waals surface area contributed by atoms with Crippen LogP contribution in [0.5, 0.6) is 0 Å². The number of benzene rings is 2. The monoisotopic (exact) mass is 314 g/mol. The molecule has 0 unspecified atom stereocenters. The number of rotatable bonds is 4. The second-order valence-electron chi connectivity index (χ2n) is 3.80. The quantitative estimate of drug-likeness (QED) is 0.576.